The van der Waals surface area contributed by atoms with E-state index in [0.717, 1.165) is 22.3 Å². The first-order valence-electron chi connectivity index (χ1n) is 11.1. The summed E-state index contributed by atoms with van der Waals surface area (Å²) in [5, 5.41) is 3.20. The summed E-state index contributed by atoms with van der Waals surface area (Å²) in [6.45, 7) is 4.24. The van der Waals surface area contributed by atoms with E-state index >= 15 is 0 Å². The average Bonchev–Trinajstić information content (AvgIpc) is 3.07. The van der Waals surface area contributed by atoms with Crippen LogP contribution in [-0.4, -0.2) is 37.5 Å². The van der Waals surface area contributed by atoms with Crippen molar-refractivity contribution in [1.29, 1.82) is 0 Å². The average molecular weight is 457 g/mol. The SMILES string of the molecule is COc1ccc(OC)c(NC2=C(c3ccc(C)cc3C)C(=O)N(CCc3ccccc3)C2=O)c1. The van der Waals surface area contributed by atoms with Gasteiger partial charge in [-0.05, 0) is 49.1 Å². The van der Waals surface area contributed by atoms with E-state index < -0.39 is 0 Å². The summed E-state index contributed by atoms with van der Waals surface area (Å²) in [4.78, 5) is 28.5. The quantitative estimate of drug-likeness (QED) is 0.495. The van der Waals surface area contributed by atoms with Gasteiger partial charge in [0.2, 0.25) is 0 Å². The number of amides is 2. The van der Waals surface area contributed by atoms with E-state index in [0.29, 0.717) is 29.2 Å². The maximum atomic E-state index is 13.6. The monoisotopic (exact) mass is 456 g/mol. The van der Waals surface area contributed by atoms with Gasteiger partial charge in [-0.1, -0.05) is 54.1 Å². The first-order chi connectivity index (χ1) is 16.4. The maximum Gasteiger partial charge on any atom is 0.278 e. The van der Waals surface area contributed by atoms with E-state index in [9.17, 15) is 9.59 Å². The lowest BCUT2D eigenvalue weighted by Gasteiger charge is -2.16. The second-order valence-corrected chi connectivity index (χ2v) is 8.26. The molecule has 0 radical (unpaired) electrons. The molecule has 4 rings (SSSR count). The molecular formula is C28H28N2O4. The van der Waals surface area contributed by atoms with E-state index in [4.69, 9.17) is 9.47 Å². The first-order valence-corrected chi connectivity index (χ1v) is 11.1. The molecule has 0 aliphatic carbocycles. The summed E-state index contributed by atoms with van der Waals surface area (Å²) >= 11 is 0. The van der Waals surface area contributed by atoms with Crippen LogP contribution >= 0.6 is 0 Å². The predicted molar refractivity (Wildman–Crippen MR) is 133 cm³/mol. The molecule has 1 aliphatic rings. The third kappa shape index (κ3) is 4.53. The van der Waals surface area contributed by atoms with Crippen molar-refractivity contribution < 1.29 is 19.1 Å². The Morgan fingerprint density at radius 1 is 0.853 bits per heavy atom. The van der Waals surface area contributed by atoms with E-state index in [-0.39, 0.29) is 24.1 Å². The number of nitrogens with one attached hydrogen (secondary N) is 1. The van der Waals surface area contributed by atoms with Gasteiger partial charge in [-0.25, -0.2) is 0 Å². The number of methoxy groups -OCH3 is 2. The van der Waals surface area contributed by atoms with Crippen molar-refractivity contribution in [1.82, 2.24) is 4.90 Å². The van der Waals surface area contributed by atoms with Gasteiger partial charge in [-0.15, -0.1) is 0 Å². The van der Waals surface area contributed by atoms with Gasteiger partial charge in [0.25, 0.3) is 11.8 Å². The molecule has 1 N–H and O–H groups in total. The fourth-order valence-electron chi connectivity index (χ4n) is 4.17. The van der Waals surface area contributed by atoms with Gasteiger partial charge < -0.3 is 14.8 Å². The zero-order valence-electron chi connectivity index (χ0n) is 19.8. The Kier molecular flexibility index (Phi) is 6.68. The molecule has 0 saturated heterocycles. The van der Waals surface area contributed by atoms with E-state index in [1.807, 2.05) is 62.4 Å². The summed E-state index contributed by atoms with van der Waals surface area (Å²) in [6.07, 6.45) is 0.578. The molecular weight excluding hydrogens is 428 g/mol. The highest BCUT2D eigenvalue weighted by Crippen LogP contribution is 2.36. The van der Waals surface area contributed by atoms with E-state index in [1.54, 1.807) is 32.4 Å². The van der Waals surface area contributed by atoms with Gasteiger partial charge >= 0.3 is 0 Å². The molecule has 3 aromatic carbocycles. The van der Waals surface area contributed by atoms with Crippen molar-refractivity contribution in [2.75, 3.05) is 26.1 Å². The lowest BCUT2D eigenvalue weighted by atomic mass is 9.97. The Hall–Kier alpha value is -4.06. The number of rotatable bonds is 8. The minimum atomic E-state index is -0.360. The Morgan fingerprint density at radius 2 is 1.62 bits per heavy atom. The summed E-state index contributed by atoms with van der Waals surface area (Å²) in [7, 11) is 3.13. The highest BCUT2D eigenvalue weighted by molar-refractivity contribution is 6.36. The third-order valence-electron chi connectivity index (χ3n) is 5.95. The lowest BCUT2D eigenvalue weighted by molar-refractivity contribution is -0.136. The molecule has 0 aromatic heterocycles. The van der Waals surface area contributed by atoms with Crippen molar-refractivity contribution >= 4 is 23.1 Å². The standard InChI is InChI=1S/C28H28N2O4/c1-18-10-12-22(19(2)16-18)25-26(29-23-17-21(33-3)11-13-24(23)34-4)28(32)30(27(25)31)15-14-20-8-6-5-7-9-20/h5-13,16-17,29H,14-15H2,1-4H3. The number of ether oxygens (including phenoxy) is 2. The van der Waals surface area contributed by atoms with Crippen molar-refractivity contribution in [3.05, 3.63) is 94.7 Å². The normalized spacial score (nSPS) is 13.5. The molecule has 1 aliphatic heterocycles. The van der Waals surface area contributed by atoms with Crippen LogP contribution in [0.3, 0.4) is 0 Å². The minimum absolute atomic E-state index is 0.233. The van der Waals surface area contributed by atoms with Crippen LogP contribution < -0.4 is 14.8 Å². The van der Waals surface area contributed by atoms with Crippen LogP contribution in [0.15, 0.2) is 72.4 Å². The summed E-state index contributed by atoms with van der Waals surface area (Å²) in [6, 6.07) is 21.0. The Balaban J connectivity index is 1.76. The Bertz CT molecular complexity index is 1260. The molecule has 0 bridgehead atoms. The van der Waals surface area contributed by atoms with Crippen molar-refractivity contribution in [2.45, 2.75) is 20.3 Å². The second-order valence-electron chi connectivity index (χ2n) is 8.26. The van der Waals surface area contributed by atoms with Crippen molar-refractivity contribution in [3.8, 4) is 11.5 Å². The molecule has 3 aromatic rings. The zero-order valence-corrected chi connectivity index (χ0v) is 19.8. The smallest absolute Gasteiger partial charge is 0.278 e. The van der Waals surface area contributed by atoms with Crippen LogP contribution in [-0.2, 0) is 16.0 Å². The first kappa shape index (κ1) is 23.1. The third-order valence-corrected chi connectivity index (χ3v) is 5.95. The van der Waals surface area contributed by atoms with Gasteiger partial charge in [0.1, 0.15) is 17.2 Å². The molecule has 0 atom stereocenters. The molecule has 34 heavy (non-hydrogen) atoms. The number of benzene rings is 3. The fourth-order valence-corrected chi connectivity index (χ4v) is 4.17. The summed E-state index contributed by atoms with van der Waals surface area (Å²) in [5.41, 5.74) is 4.95. The summed E-state index contributed by atoms with van der Waals surface area (Å²) in [5.74, 6) is 0.476. The molecule has 0 unspecified atom stereocenters. The van der Waals surface area contributed by atoms with E-state index in [2.05, 4.69) is 5.32 Å². The molecule has 1 heterocycles. The van der Waals surface area contributed by atoms with Crippen LogP contribution in [0.1, 0.15) is 22.3 Å². The fraction of sp³-hybridized carbons (Fsp3) is 0.214. The second kappa shape index (κ2) is 9.83. The van der Waals surface area contributed by atoms with Crippen LogP contribution in [0.5, 0.6) is 11.5 Å². The molecule has 174 valence electrons. The number of hydrogen-bond acceptors (Lipinski definition) is 5. The van der Waals surface area contributed by atoms with Gasteiger partial charge in [0.15, 0.2) is 0 Å². The minimum Gasteiger partial charge on any atom is -0.497 e. The molecule has 0 fully saturated rings. The number of anilines is 1. The zero-order chi connectivity index (χ0) is 24.2. The lowest BCUT2D eigenvalue weighted by Crippen LogP contribution is -2.34. The molecule has 0 spiro atoms. The highest BCUT2D eigenvalue weighted by atomic mass is 16.5. The van der Waals surface area contributed by atoms with Crippen LogP contribution in [0, 0.1) is 13.8 Å². The van der Waals surface area contributed by atoms with Crippen LogP contribution in [0.2, 0.25) is 0 Å². The number of imide groups is 1. The van der Waals surface area contributed by atoms with Crippen LogP contribution in [0.25, 0.3) is 5.57 Å². The van der Waals surface area contributed by atoms with Crippen LogP contribution in [0.4, 0.5) is 5.69 Å². The maximum absolute atomic E-state index is 13.6. The predicted octanol–water partition coefficient (Wildman–Crippen LogP) is 4.76. The van der Waals surface area contributed by atoms with Gasteiger partial charge in [-0.2, -0.15) is 0 Å². The summed E-state index contributed by atoms with van der Waals surface area (Å²) < 4.78 is 10.8. The number of nitrogens with zero attached hydrogens (tertiary/aromatic N) is 1. The Morgan fingerprint density at radius 3 is 2.29 bits per heavy atom. The van der Waals surface area contributed by atoms with Crippen molar-refractivity contribution in [2.24, 2.45) is 0 Å². The molecule has 2 amide bonds. The molecule has 6 nitrogen and oxygen atoms in total. The van der Waals surface area contributed by atoms with Gasteiger partial charge in [-0.3, -0.25) is 14.5 Å². The van der Waals surface area contributed by atoms with Gasteiger partial charge in [0, 0.05) is 12.6 Å². The molecule has 0 saturated carbocycles. The number of carbonyl (C=O) groups is 2. The van der Waals surface area contributed by atoms with Gasteiger partial charge in [0.05, 0.1) is 25.5 Å². The highest BCUT2D eigenvalue weighted by Gasteiger charge is 2.39. The largest absolute Gasteiger partial charge is 0.497 e. The Labute approximate surface area is 199 Å². The topological polar surface area (TPSA) is 67.9 Å². The van der Waals surface area contributed by atoms with E-state index in [1.165, 1.54) is 4.90 Å². The number of aryl methyl sites for hydroxylation is 2. The molecule has 6 heteroatoms. The number of hydrogen-bond donors (Lipinski definition) is 1. The number of carbonyl (C=O) groups excluding carboxylic acids is 2. The van der Waals surface area contributed by atoms with Crippen molar-refractivity contribution in [3.63, 3.8) is 0 Å².